The molecule has 4 nitrogen and oxygen atoms in total. The van der Waals surface area contributed by atoms with Crippen LogP contribution in [0.4, 0.5) is 0 Å². The SMILES string of the molecule is CC(CS(C)=O)N1CNC2(CC2)C1=O. The third-order valence-electron chi connectivity index (χ3n) is 3.02. The summed E-state index contributed by atoms with van der Waals surface area (Å²) in [5.74, 6) is 0.777. The van der Waals surface area contributed by atoms with E-state index >= 15 is 0 Å². The van der Waals surface area contributed by atoms with Crippen LogP contribution in [0.5, 0.6) is 0 Å². The summed E-state index contributed by atoms with van der Waals surface area (Å²) in [6.07, 6.45) is 3.60. The van der Waals surface area contributed by atoms with Gasteiger partial charge in [0.25, 0.3) is 0 Å². The van der Waals surface area contributed by atoms with Crippen molar-refractivity contribution in [1.29, 1.82) is 0 Å². The predicted molar refractivity (Wildman–Crippen MR) is 55.2 cm³/mol. The Morgan fingerprint density at radius 1 is 1.64 bits per heavy atom. The fourth-order valence-electron chi connectivity index (χ4n) is 1.96. The maximum absolute atomic E-state index is 11.9. The predicted octanol–water partition coefficient (Wildman–Crippen LogP) is -0.325. The number of hydrogen-bond acceptors (Lipinski definition) is 3. The van der Waals surface area contributed by atoms with Crippen LogP contribution in [0.25, 0.3) is 0 Å². The normalized spacial score (nSPS) is 28.1. The summed E-state index contributed by atoms with van der Waals surface area (Å²) in [6, 6.07) is 0.0841. The van der Waals surface area contributed by atoms with Gasteiger partial charge in [0.15, 0.2) is 0 Å². The van der Waals surface area contributed by atoms with E-state index in [1.165, 1.54) is 0 Å². The van der Waals surface area contributed by atoms with Gasteiger partial charge < -0.3 is 4.90 Å². The number of nitrogens with zero attached hydrogens (tertiary/aromatic N) is 1. The molecule has 14 heavy (non-hydrogen) atoms. The van der Waals surface area contributed by atoms with Crippen molar-refractivity contribution in [1.82, 2.24) is 10.2 Å². The number of hydrogen-bond donors (Lipinski definition) is 1. The van der Waals surface area contributed by atoms with E-state index in [2.05, 4.69) is 5.32 Å². The van der Waals surface area contributed by atoms with Crippen molar-refractivity contribution in [2.45, 2.75) is 31.3 Å². The van der Waals surface area contributed by atoms with Gasteiger partial charge in [0.1, 0.15) is 0 Å². The van der Waals surface area contributed by atoms with Crippen LogP contribution >= 0.6 is 0 Å². The van der Waals surface area contributed by atoms with Crippen molar-refractivity contribution in [3.63, 3.8) is 0 Å². The van der Waals surface area contributed by atoms with E-state index in [1.54, 1.807) is 6.26 Å². The molecule has 0 aromatic heterocycles. The van der Waals surface area contributed by atoms with Crippen LogP contribution in [0.1, 0.15) is 19.8 Å². The lowest BCUT2D eigenvalue weighted by atomic mass is 10.2. The maximum atomic E-state index is 11.9. The van der Waals surface area contributed by atoms with Crippen molar-refractivity contribution in [2.24, 2.45) is 0 Å². The van der Waals surface area contributed by atoms with E-state index in [0.29, 0.717) is 12.4 Å². The molecule has 1 saturated heterocycles. The molecule has 1 aliphatic heterocycles. The molecule has 0 radical (unpaired) electrons. The summed E-state index contributed by atoms with van der Waals surface area (Å²) in [7, 11) is -0.833. The number of amides is 1. The average Bonchev–Trinajstić information content (AvgIpc) is 2.76. The third-order valence-corrected chi connectivity index (χ3v) is 3.97. The molecule has 1 saturated carbocycles. The van der Waals surface area contributed by atoms with Crippen LogP contribution in [0.3, 0.4) is 0 Å². The highest BCUT2D eigenvalue weighted by molar-refractivity contribution is 7.84. The smallest absolute Gasteiger partial charge is 0.244 e. The highest BCUT2D eigenvalue weighted by Crippen LogP contribution is 2.40. The second-order valence-corrected chi connectivity index (χ2v) is 5.76. The summed E-state index contributed by atoms with van der Waals surface area (Å²) in [5, 5.41) is 3.24. The monoisotopic (exact) mass is 216 g/mol. The van der Waals surface area contributed by atoms with E-state index in [0.717, 1.165) is 12.8 Å². The first-order valence-corrected chi connectivity index (χ1v) is 6.64. The van der Waals surface area contributed by atoms with Crippen LogP contribution in [0, 0.1) is 0 Å². The molecule has 0 aromatic carbocycles. The zero-order chi connectivity index (χ0) is 10.3. The zero-order valence-corrected chi connectivity index (χ0v) is 9.39. The average molecular weight is 216 g/mol. The van der Waals surface area contributed by atoms with E-state index in [9.17, 15) is 9.00 Å². The molecule has 80 valence electrons. The van der Waals surface area contributed by atoms with Crippen LogP contribution in [0.15, 0.2) is 0 Å². The van der Waals surface area contributed by atoms with Crippen LogP contribution < -0.4 is 5.32 Å². The van der Waals surface area contributed by atoms with Gasteiger partial charge in [0.05, 0.1) is 12.2 Å². The van der Waals surface area contributed by atoms with E-state index in [4.69, 9.17) is 0 Å². The molecule has 1 spiro atoms. The first kappa shape index (κ1) is 10.1. The van der Waals surface area contributed by atoms with Gasteiger partial charge in [-0.15, -0.1) is 0 Å². The molecule has 2 unspecified atom stereocenters. The quantitative estimate of drug-likeness (QED) is 0.703. The third kappa shape index (κ3) is 1.59. The molecule has 1 amide bonds. The molecule has 1 aliphatic carbocycles. The lowest BCUT2D eigenvalue weighted by Crippen LogP contribution is -2.40. The Hall–Kier alpha value is -0.420. The minimum atomic E-state index is -0.833. The summed E-state index contributed by atoms with van der Waals surface area (Å²) < 4.78 is 11.0. The lowest BCUT2D eigenvalue weighted by Gasteiger charge is -2.22. The molecule has 2 aliphatic rings. The largest absolute Gasteiger partial charge is 0.325 e. The summed E-state index contributed by atoms with van der Waals surface area (Å²) in [4.78, 5) is 13.7. The van der Waals surface area contributed by atoms with Gasteiger partial charge >= 0.3 is 0 Å². The maximum Gasteiger partial charge on any atom is 0.244 e. The Balaban J connectivity index is 1.99. The van der Waals surface area contributed by atoms with Gasteiger partial charge in [-0.1, -0.05) is 0 Å². The summed E-state index contributed by atoms with van der Waals surface area (Å²) >= 11 is 0. The Morgan fingerprint density at radius 3 is 2.71 bits per heavy atom. The number of rotatable bonds is 3. The van der Waals surface area contributed by atoms with Gasteiger partial charge in [0.2, 0.25) is 5.91 Å². The molecule has 0 bridgehead atoms. The van der Waals surface area contributed by atoms with Gasteiger partial charge in [-0.05, 0) is 19.8 Å². The van der Waals surface area contributed by atoms with Crippen molar-refractivity contribution in [3.8, 4) is 0 Å². The molecule has 2 fully saturated rings. The highest BCUT2D eigenvalue weighted by atomic mass is 32.2. The van der Waals surface area contributed by atoms with E-state index in [1.807, 2.05) is 11.8 Å². The first-order valence-electron chi connectivity index (χ1n) is 4.91. The second kappa shape index (κ2) is 3.31. The standard InChI is InChI=1S/C9H16N2O2S/c1-7(5-14(2)13)11-6-10-9(3-4-9)8(11)12/h7,10H,3-6H2,1-2H3. The zero-order valence-electron chi connectivity index (χ0n) is 8.58. The molecule has 5 heteroatoms. The van der Waals surface area contributed by atoms with Crippen LogP contribution in [0.2, 0.25) is 0 Å². The van der Waals surface area contributed by atoms with E-state index < -0.39 is 10.8 Å². The van der Waals surface area contributed by atoms with Gasteiger partial charge in [0, 0.05) is 28.9 Å². The minimum absolute atomic E-state index is 0.0841. The Bertz CT molecular complexity index is 289. The van der Waals surface area contributed by atoms with E-state index in [-0.39, 0.29) is 17.5 Å². The fourth-order valence-corrected chi connectivity index (χ4v) is 2.82. The van der Waals surface area contributed by atoms with Gasteiger partial charge in [-0.25, -0.2) is 0 Å². The van der Waals surface area contributed by atoms with Crippen molar-refractivity contribution in [3.05, 3.63) is 0 Å². The topological polar surface area (TPSA) is 49.4 Å². The Labute approximate surface area is 86.5 Å². The van der Waals surface area contributed by atoms with Gasteiger partial charge in [-0.2, -0.15) is 0 Å². The minimum Gasteiger partial charge on any atom is -0.325 e. The van der Waals surface area contributed by atoms with Crippen LogP contribution in [-0.4, -0.2) is 45.3 Å². The number of carbonyl (C=O) groups excluding carboxylic acids is 1. The van der Waals surface area contributed by atoms with Crippen LogP contribution in [-0.2, 0) is 15.6 Å². The van der Waals surface area contributed by atoms with Crippen molar-refractivity contribution < 1.29 is 9.00 Å². The summed E-state index contributed by atoms with van der Waals surface area (Å²) in [5.41, 5.74) is -0.219. The highest BCUT2D eigenvalue weighted by Gasteiger charge is 2.56. The molecular formula is C9H16N2O2S. The number of carbonyl (C=O) groups is 1. The second-order valence-electron chi connectivity index (χ2n) is 4.28. The fraction of sp³-hybridized carbons (Fsp3) is 0.889. The lowest BCUT2D eigenvalue weighted by molar-refractivity contribution is -0.130. The Kier molecular flexibility index (Phi) is 2.39. The first-order chi connectivity index (χ1) is 6.55. The summed E-state index contributed by atoms with van der Waals surface area (Å²) in [6.45, 7) is 2.58. The molecule has 2 atom stereocenters. The van der Waals surface area contributed by atoms with Crippen molar-refractivity contribution >= 4 is 16.7 Å². The molecule has 2 rings (SSSR count). The van der Waals surface area contributed by atoms with Crippen molar-refractivity contribution in [2.75, 3.05) is 18.7 Å². The molecule has 1 heterocycles. The molecule has 0 aromatic rings. The molecule has 1 N–H and O–H groups in total. The Morgan fingerprint density at radius 2 is 2.29 bits per heavy atom. The number of nitrogens with one attached hydrogen (secondary N) is 1. The molecular weight excluding hydrogens is 200 g/mol. The van der Waals surface area contributed by atoms with Gasteiger partial charge in [-0.3, -0.25) is 14.3 Å².